The van der Waals surface area contributed by atoms with Crippen molar-refractivity contribution in [2.24, 2.45) is 0 Å². The number of aromatic nitrogens is 1. The van der Waals surface area contributed by atoms with E-state index >= 15 is 0 Å². The number of carbonyl (C=O) groups excluding carboxylic acids is 2. The lowest BCUT2D eigenvalue weighted by Crippen LogP contribution is -2.28. The Labute approximate surface area is 125 Å². The van der Waals surface area contributed by atoms with Gasteiger partial charge in [-0.1, -0.05) is 0 Å². The van der Waals surface area contributed by atoms with Crippen molar-refractivity contribution >= 4 is 17.6 Å². The molecule has 0 N–H and O–H groups in total. The second kappa shape index (κ2) is 7.91. The maximum absolute atomic E-state index is 12.1. The lowest BCUT2D eigenvalue weighted by atomic mass is 10.2. The first kappa shape index (κ1) is 17.3. The summed E-state index contributed by atoms with van der Waals surface area (Å²) in [6, 6.07) is 0.862. The molecule has 0 fully saturated rings. The van der Waals surface area contributed by atoms with Gasteiger partial charge in [0.25, 0.3) is 11.2 Å². The zero-order valence-electron chi connectivity index (χ0n) is 12.2. The number of rotatable bonds is 7. The van der Waals surface area contributed by atoms with E-state index in [9.17, 15) is 24.5 Å². The van der Waals surface area contributed by atoms with Gasteiger partial charge in [-0.15, -0.1) is 0 Å². The summed E-state index contributed by atoms with van der Waals surface area (Å²) >= 11 is 0. The number of esters is 2. The second-order valence-corrected chi connectivity index (χ2v) is 4.14. The summed E-state index contributed by atoms with van der Waals surface area (Å²) in [5.41, 5.74) is -1.64. The SMILES string of the molecule is CCOC(=O)CCn1cc([N+](=O)[O-])cc(C(=O)OCC)c1=O. The number of nitro groups is 1. The monoisotopic (exact) mass is 312 g/mol. The highest BCUT2D eigenvalue weighted by Crippen LogP contribution is 2.11. The summed E-state index contributed by atoms with van der Waals surface area (Å²) in [4.78, 5) is 45.3. The van der Waals surface area contributed by atoms with Crippen LogP contribution in [0.2, 0.25) is 0 Å². The molecule has 120 valence electrons. The molecule has 0 saturated heterocycles. The van der Waals surface area contributed by atoms with E-state index in [1.165, 1.54) is 0 Å². The van der Waals surface area contributed by atoms with Crippen LogP contribution in [0.1, 0.15) is 30.6 Å². The number of hydrogen-bond donors (Lipinski definition) is 0. The fourth-order valence-corrected chi connectivity index (χ4v) is 1.69. The third-order valence-corrected chi connectivity index (χ3v) is 2.64. The molecule has 1 aromatic heterocycles. The van der Waals surface area contributed by atoms with Crippen molar-refractivity contribution in [3.05, 3.63) is 38.3 Å². The number of pyridine rings is 1. The Morgan fingerprint density at radius 3 is 2.45 bits per heavy atom. The molecule has 0 saturated carbocycles. The van der Waals surface area contributed by atoms with Crippen LogP contribution in [0.4, 0.5) is 5.69 Å². The van der Waals surface area contributed by atoms with E-state index in [2.05, 4.69) is 0 Å². The van der Waals surface area contributed by atoms with E-state index in [4.69, 9.17) is 9.47 Å². The van der Waals surface area contributed by atoms with Crippen molar-refractivity contribution < 1.29 is 24.0 Å². The van der Waals surface area contributed by atoms with Gasteiger partial charge >= 0.3 is 11.9 Å². The smallest absolute Gasteiger partial charge is 0.344 e. The van der Waals surface area contributed by atoms with Crippen LogP contribution in [0.5, 0.6) is 0 Å². The second-order valence-electron chi connectivity index (χ2n) is 4.14. The van der Waals surface area contributed by atoms with Crippen LogP contribution in [0.25, 0.3) is 0 Å². The molecule has 0 aliphatic rings. The third kappa shape index (κ3) is 4.40. The standard InChI is InChI=1S/C13H16N2O7/c1-3-21-11(16)5-6-14-8-9(15(19)20)7-10(12(14)17)13(18)22-4-2/h7-8H,3-6H2,1-2H3. The third-order valence-electron chi connectivity index (χ3n) is 2.64. The van der Waals surface area contributed by atoms with Crippen LogP contribution in [0, 0.1) is 10.1 Å². The van der Waals surface area contributed by atoms with Crippen LogP contribution < -0.4 is 5.56 Å². The number of hydrogen-bond acceptors (Lipinski definition) is 7. The minimum atomic E-state index is -0.943. The highest BCUT2D eigenvalue weighted by molar-refractivity contribution is 5.89. The highest BCUT2D eigenvalue weighted by atomic mass is 16.6. The summed E-state index contributed by atoms with van der Waals surface area (Å²) in [5.74, 6) is -1.49. The molecule has 0 unspecified atom stereocenters. The Hall–Kier alpha value is -2.71. The normalized spacial score (nSPS) is 10.1. The maximum atomic E-state index is 12.1. The minimum absolute atomic E-state index is 0.0315. The molecule has 9 nitrogen and oxygen atoms in total. The molecule has 1 aromatic rings. The fourth-order valence-electron chi connectivity index (χ4n) is 1.69. The van der Waals surface area contributed by atoms with Gasteiger partial charge in [-0.2, -0.15) is 0 Å². The highest BCUT2D eigenvalue weighted by Gasteiger charge is 2.20. The van der Waals surface area contributed by atoms with Crippen LogP contribution in [-0.4, -0.2) is 34.6 Å². The molecule has 0 aromatic carbocycles. The van der Waals surface area contributed by atoms with Crippen molar-refractivity contribution in [1.82, 2.24) is 4.57 Å². The van der Waals surface area contributed by atoms with E-state index in [1.807, 2.05) is 0 Å². The number of carbonyl (C=O) groups is 2. The summed E-state index contributed by atoms with van der Waals surface area (Å²) in [6.07, 6.45) is 0.835. The fraction of sp³-hybridized carbons (Fsp3) is 0.462. The van der Waals surface area contributed by atoms with Gasteiger partial charge < -0.3 is 14.0 Å². The Morgan fingerprint density at radius 1 is 1.27 bits per heavy atom. The first-order valence-electron chi connectivity index (χ1n) is 6.62. The molecule has 0 radical (unpaired) electrons. The Kier molecular flexibility index (Phi) is 6.24. The lowest BCUT2D eigenvalue weighted by molar-refractivity contribution is -0.385. The van der Waals surface area contributed by atoms with Gasteiger partial charge in [0.2, 0.25) is 0 Å². The largest absolute Gasteiger partial charge is 0.466 e. The molecule has 0 spiro atoms. The van der Waals surface area contributed by atoms with Crippen molar-refractivity contribution in [1.29, 1.82) is 0 Å². The Balaban J connectivity index is 3.15. The van der Waals surface area contributed by atoms with E-state index in [0.717, 1.165) is 16.8 Å². The van der Waals surface area contributed by atoms with Gasteiger partial charge in [0.15, 0.2) is 0 Å². The van der Waals surface area contributed by atoms with Gasteiger partial charge in [-0.05, 0) is 13.8 Å². The van der Waals surface area contributed by atoms with Crippen molar-refractivity contribution in [2.75, 3.05) is 13.2 Å². The zero-order valence-corrected chi connectivity index (χ0v) is 12.2. The molecular formula is C13H16N2O7. The predicted molar refractivity (Wildman–Crippen MR) is 74.6 cm³/mol. The summed E-state index contributed by atoms with van der Waals surface area (Å²) in [7, 11) is 0. The van der Waals surface area contributed by atoms with Gasteiger partial charge in [-0.3, -0.25) is 19.7 Å². The van der Waals surface area contributed by atoms with E-state index in [-0.39, 0.29) is 26.2 Å². The molecule has 0 aliphatic carbocycles. The minimum Gasteiger partial charge on any atom is -0.466 e. The molecule has 1 rings (SSSR count). The Bertz CT molecular complexity index is 636. The van der Waals surface area contributed by atoms with Crippen LogP contribution in [0.15, 0.2) is 17.1 Å². The van der Waals surface area contributed by atoms with Crippen LogP contribution in [-0.2, 0) is 20.8 Å². The average Bonchev–Trinajstić information content (AvgIpc) is 2.46. The Morgan fingerprint density at radius 2 is 1.91 bits per heavy atom. The molecule has 1 heterocycles. The number of ether oxygens (including phenoxy) is 2. The zero-order chi connectivity index (χ0) is 16.7. The van der Waals surface area contributed by atoms with Gasteiger partial charge in [0.05, 0.1) is 30.8 Å². The molecule has 22 heavy (non-hydrogen) atoms. The predicted octanol–water partition coefficient (Wildman–Crippen LogP) is 0.886. The average molecular weight is 312 g/mol. The summed E-state index contributed by atoms with van der Waals surface area (Å²) in [6.45, 7) is 3.27. The van der Waals surface area contributed by atoms with Crippen molar-refractivity contribution in [3.63, 3.8) is 0 Å². The van der Waals surface area contributed by atoms with Crippen LogP contribution >= 0.6 is 0 Å². The first-order valence-corrected chi connectivity index (χ1v) is 6.62. The number of aryl methyl sites for hydroxylation is 1. The van der Waals surface area contributed by atoms with Crippen LogP contribution in [0.3, 0.4) is 0 Å². The van der Waals surface area contributed by atoms with Gasteiger partial charge in [0, 0.05) is 12.6 Å². The summed E-state index contributed by atoms with van der Waals surface area (Å²) < 4.78 is 10.3. The van der Waals surface area contributed by atoms with Gasteiger partial charge in [-0.25, -0.2) is 4.79 Å². The molecule has 0 amide bonds. The lowest BCUT2D eigenvalue weighted by Gasteiger charge is -2.08. The van der Waals surface area contributed by atoms with E-state index in [1.54, 1.807) is 13.8 Å². The van der Waals surface area contributed by atoms with Crippen molar-refractivity contribution in [3.8, 4) is 0 Å². The van der Waals surface area contributed by atoms with Crippen molar-refractivity contribution in [2.45, 2.75) is 26.8 Å². The topological polar surface area (TPSA) is 118 Å². The quantitative estimate of drug-likeness (QED) is 0.416. The van der Waals surface area contributed by atoms with E-state index in [0.29, 0.717) is 0 Å². The summed E-state index contributed by atoms with van der Waals surface area (Å²) in [5, 5.41) is 10.9. The molecule has 9 heteroatoms. The number of nitrogens with zero attached hydrogens (tertiary/aromatic N) is 2. The molecule has 0 aliphatic heterocycles. The first-order chi connectivity index (χ1) is 10.4. The maximum Gasteiger partial charge on any atom is 0.344 e. The van der Waals surface area contributed by atoms with Gasteiger partial charge in [0.1, 0.15) is 5.56 Å². The molecule has 0 bridgehead atoms. The molecule has 0 atom stereocenters. The molecular weight excluding hydrogens is 296 g/mol. The van der Waals surface area contributed by atoms with E-state index < -0.39 is 33.7 Å².